The summed E-state index contributed by atoms with van der Waals surface area (Å²) in [6.45, 7) is 11.9. The van der Waals surface area contributed by atoms with Gasteiger partial charge in [0.15, 0.2) is 0 Å². The smallest absolute Gasteiger partial charge is 0.232 e. The SMILES string of the molecule is CC[C@H](C)N1CCC[C@@]2(CN(Cc3c(C)noc3C)C2=O)C1. The highest BCUT2D eigenvalue weighted by Gasteiger charge is 2.54. The van der Waals surface area contributed by atoms with E-state index in [4.69, 9.17) is 4.52 Å². The maximum atomic E-state index is 12.8. The lowest BCUT2D eigenvalue weighted by atomic mass is 9.72. The molecule has 1 amide bonds. The Kier molecular flexibility index (Phi) is 4.02. The number of aryl methyl sites for hydroxylation is 2. The first kappa shape index (κ1) is 15.5. The molecule has 1 spiro atoms. The average Bonchev–Trinajstić information content (AvgIpc) is 2.85. The van der Waals surface area contributed by atoms with Gasteiger partial charge in [-0.1, -0.05) is 12.1 Å². The predicted molar refractivity (Wildman–Crippen MR) is 84.4 cm³/mol. The largest absolute Gasteiger partial charge is 0.361 e. The topological polar surface area (TPSA) is 49.6 Å². The molecule has 5 nitrogen and oxygen atoms in total. The minimum atomic E-state index is -0.124. The van der Waals surface area contributed by atoms with Crippen LogP contribution in [0.25, 0.3) is 0 Å². The molecule has 2 atom stereocenters. The molecule has 22 heavy (non-hydrogen) atoms. The van der Waals surface area contributed by atoms with Crippen molar-refractivity contribution in [2.45, 2.75) is 59.5 Å². The summed E-state index contributed by atoms with van der Waals surface area (Å²) in [5.74, 6) is 1.15. The molecule has 2 fully saturated rings. The van der Waals surface area contributed by atoms with E-state index >= 15 is 0 Å². The molecular formula is C17H27N3O2. The van der Waals surface area contributed by atoms with Gasteiger partial charge in [-0.15, -0.1) is 0 Å². The van der Waals surface area contributed by atoms with Crippen LogP contribution in [0.3, 0.4) is 0 Å². The number of hydrogen-bond donors (Lipinski definition) is 0. The van der Waals surface area contributed by atoms with Crippen molar-refractivity contribution in [2.75, 3.05) is 19.6 Å². The summed E-state index contributed by atoms with van der Waals surface area (Å²) in [5, 5.41) is 3.98. The molecule has 0 saturated carbocycles. The van der Waals surface area contributed by atoms with Crippen LogP contribution in [0.2, 0.25) is 0 Å². The maximum Gasteiger partial charge on any atom is 0.232 e. The molecule has 1 aromatic rings. The Morgan fingerprint density at radius 3 is 2.73 bits per heavy atom. The third-order valence-electron chi connectivity index (χ3n) is 5.59. The summed E-state index contributed by atoms with van der Waals surface area (Å²) >= 11 is 0. The van der Waals surface area contributed by atoms with Crippen molar-refractivity contribution in [3.8, 4) is 0 Å². The van der Waals surface area contributed by atoms with E-state index in [0.717, 1.165) is 55.9 Å². The average molecular weight is 305 g/mol. The summed E-state index contributed by atoms with van der Waals surface area (Å²) in [5.41, 5.74) is 1.84. The summed E-state index contributed by atoms with van der Waals surface area (Å²) in [6.07, 6.45) is 3.32. The second-order valence-corrected chi connectivity index (χ2v) is 7.08. The third kappa shape index (κ3) is 2.45. The number of carbonyl (C=O) groups is 1. The lowest BCUT2D eigenvalue weighted by Crippen LogP contribution is -2.67. The third-order valence-corrected chi connectivity index (χ3v) is 5.59. The van der Waals surface area contributed by atoms with E-state index < -0.39 is 0 Å². The number of hydrogen-bond acceptors (Lipinski definition) is 4. The van der Waals surface area contributed by atoms with E-state index in [1.165, 1.54) is 0 Å². The predicted octanol–water partition coefficient (Wildman–Crippen LogP) is 2.51. The van der Waals surface area contributed by atoms with Crippen LogP contribution < -0.4 is 0 Å². The maximum absolute atomic E-state index is 12.8. The lowest BCUT2D eigenvalue weighted by molar-refractivity contribution is -0.168. The molecule has 0 bridgehead atoms. The van der Waals surface area contributed by atoms with E-state index in [2.05, 4.69) is 23.9 Å². The Bertz CT molecular complexity index is 549. The van der Waals surface area contributed by atoms with Crippen LogP contribution in [-0.2, 0) is 11.3 Å². The van der Waals surface area contributed by atoms with Crippen molar-refractivity contribution in [3.63, 3.8) is 0 Å². The van der Waals surface area contributed by atoms with Crippen LogP contribution in [-0.4, -0.2) is 46.5 Å². The zero-order valence-corrected chi connectivity index (χ0v) is 14.2. The first-order valence-electron chi connectivity index (χ1n) is 8.42. The number of piperidine rings is 1. The number of β-lactam (4-membered cyclic amide) rings is 1. The number of carbonyl (C=O) groups excluding carboxylic acids is 1. The van der Waals surface area contributed by atoms with Gasteiger partial charge in [0.2, 0.25) is 5.91 Å². The first-order valence-corrected chi connectivity index (χ1v) is 8.42. The fourth-order valence-corrected chi connectivity index (χ4v) is 3.90. The Hall–Kier alpha value is -1.36. The molecule has 1 aromatic heterocycles. The molecule has 0 N–H and O–H groups in total. The molecule has 122 valence electrons. The minimum Gasteiger partial charge on any atom is -0.361 e. The van der Waals surface area contributed by atoms with Crippen LogP contribution in [0.4, 0.5) is 0 Å². The molecule has 3 heterocycles. The van der Waals surface area contributed by atoms with Gasteiger partial charge in [-0.05, 0) is 46.6 Å². The van der Waals surface area contributed by atoms with Crippen LogP contribution in [0.1, 0.15) is 50.1 Å². The van der Waals surface area contributed by atoms with E-state index in [-0.39, 0.29) is 5.41 Å². The van der Waals surface area contributed by atoms with E-state index in [0.29, 0.717) is 18.5 Å². The summed E-state index contributed by atoms with van der Waals surface area (Å²) in [4.78, 5) is 17.3. The number of aromatic nitrogens is 1. The highest BCUT2D eigenvalue weighted by atomic mass is 16.5. The monoisotopic (exact) mass is 305 g/mol. The van der Waals surface area contributed by atoms with Crippen LogP contribution in [0.15, 0.2) is 4.52 Å². The van der Waals surface area contributed by atoms with Gasteiger partial charge in [0.25, 0.3) is 0 Å². The molecule has 0 aliphatic carbocycles. The first-order chi connectivity index (χ1) is 10.5. The normalized spacial score (nSPS) is 27.3. The number of likely N-dealkylation sites (tertiary alicyclic amines) is 2. The van der Waals surface area contributed by atoms with Gasteiger partial charge in [-0.25, -0.2) is 0 Å². The highest BCUT2D eigenvalue weighted by molar-refractivity contribution is 5.89. The van der Waals surface area contributed by atoms with Crippen LogP contribution >= 0.6 is 0 Å². The summed E-state index contributed by atoms with van der Waals surface area (Å²) < 4.78 is 5.20. The molecular weight excluding hydrogens is 278 g/mol. The van der Waals surface area contributed by atoms with E-state index in [1.807, 2.05) is 18.7 Å². The van der Waals surface area contributed by atoms with Crippen LogP contribution in [0.5, 0.6) is 0 Å². The fraction of sp³-hybridized carbons (Fsp3) is 0.765. The van der Waals surface area contributed by atoms with Crippen molar-refractivity contribution in [1.29, 1.82) is 0 Å². The standard InChI is InChI=1S/C17H27N3O2/c1-5-12(2)19-8-6-7-17(10-19)11-20(16(17)21)9-15-13(3)18-22-14(15)4/h12H,5-11H2,1-4H3/t12-,17-/m0/s1. The Morgan fingerprint density at radius 2 is 2.14 bits per heavy atom. The van der Waals surface area contributed by atoms with Gasteiger partial charge in [-0.2, -0.15) is 0 Å². The van der Waals surface area contributed by atoms with Gasteiger partial charge in [0.1, 0.15) is 5.76 Å². The van der Waals surface area contributed by atoms with Crippen molar-refractivity contribution in [1.82, 2.24) is 15.0 Å². The quantitative estimate of drug-likeness (QED) is 0.802. The number of amides is 1. The Labute approximate surface area is 132 Å². The van der Waals surface area contributed by atoms with Gasteiger partial charge in [0, 0.05) is 24.7 Å². The van der Waals surface area contributed by atoms with Crippen molar-refractivity contribution in [2.24, 2.45) is 5.41 Å². The van der Waals surface area contributed by atoms with Crippen LogP contribution in [0, 0.1) is 19.3 Å². The van der Waals surface area contributed by atoms with Gasteiger partial charge in [-0.3, -0.25) is 9.69 Å². The molecule has 0 unspecified atom stereocenters. The van der Waals surface area contributed by atoms with Gasteiger partial charge >= 0.3 is 0 Å². The van der Waals surface area contributed by atoms with Gasteiger partial charge < -0.3 is 9.42 Å². The zero-order chi connectivity index (χ0) is 15.9. The Morgan fingerprint density at radius 1 is 1.36 bits per heavy atom. The lowest BCUT2D eigenvalue weighted by Gasteiger charge is -2.54. The molecule has 2 aliphatic heterocycles. The van der Waals surface area contributed by atoms with Crippen molar-refractivity contribution < 1.29 is 9.32 Å². The molecule has 5 heteroatoms. The molecule has 0 radical (unpaired) electrons. The van der Waals surface area contributed by atoms with Crippen molar-refractivity contribution >= 4 is 5.91 Å². The van der Waals surface area contributed by atoms with E-state index in [1.54, 1.807) is 0 Å². The highest BCUT2D eigenvalue weighted by Crippen LogP contribution is 2.42. The molecule has 3 rings (SSSR count). The van der Waals surface area contributed by atoms with Gasteiger partial charge in [0.05, 0.1) is 17.7 Å². The molecule has 2 aliphatic rings. The van der Waals surface area contributed by atoms with Crippen molar-refractivity contribution in [3.05, 3.63) is 17.0 Å². The second-order valence-electron chi connectivity index (χ2n) is 7.08. The Balaban J connectivity index is 1.66. The molecule has 0 aromatic carbocycles. The number of rotatable bonds is 4. The fourth-order valence-electron chi connectivity index (χ4n) is 3.90. The van der Waals surface area contributed by atoms with E-state index in [9.17, 15) is 4.79 Å². The molecule has 2 saturated heterocycles. The number of nitrogens with zero attached hydrogens (tertiary/aromatic N) is 3. The summed E-state index contributed by atoms with van der Waals surface area (Å²) in [6, 6.07) is 0.571. The second kappa shape index (κ2) is 5.69. The minimum absolute atomic E-state index is 0.124. The zero-order valence-electron chi connectivity index (χ0n) is 14.2. The summed E-state index contributed by atoms with van der Waals surface area (Å²) in [7, 11) is 0.